The summed E-state index contributed by atoms with van der Waals surface area (Å²) in [6, 6.07) is 10.6. The number of hydrogen-bond acceptors (Lipinski definition) is 4. The van der Waals surface area contributed by atoms with Crippen molar-refractivity contribution < 1.29 is 17.9 Å². The lowest BCUT2D eigenvalue weighted by molar-refractivity contribution is -0.122. The van der Waals surface area contributed by atoms with Crippen molar-refractivity contribution in [2.24, 2.45) is 0 Å². The summed E-state index contributed by atoms with van der Waals surface area (Å²) < 4.78 is 30.7. The van der Waals surface area contributed by atoms with Crippen molar-refractivity contribution in [1.29, 1.82) is 0 Å². The Bertz CT molecular complexity index is 917. The number of halogens is 2. The highest BCUT2D eigenvalue weighted by molar-refractivity contribution is 7.92. The summed E-state index contributed by atoms with van der Waals surface area (Å²) in [7, 11) is -2.16. The van der Waals surface area contributed by atoms with Crippen LogP contribution in [0.15, 0.2) is 42.5 Å². The summed E-state index contributed by atoms with van der Waals surface area (Å²) in [6.45, 7) is 1.76. The molecular formula is C18H20Cl2N2O4S. The van der Waals surface area contributed by atoms with Crippen LogP contribution in [-0.2, 0) is 21.4 Å². The van der Waals surface area contributed by atoms with E-state index in [0.29, 0.717) is 10.8 Å². The van der Waals surface area contributed by atoms with E-state index < -0.39 is 22.0 Å². The number of methoxy groups -OCH3 is 1. The minimum absolute atomic E-state index is 0.202. The molecule has 0 saturated carbocycles. The molecule has 0 fully saturated rings. The standard InChI is InChI=1S/C18H20Cl2N2O4S/c1-12(18(23)21-11-13-4-7-15(26-2)8-5-13)22(27(3,24)25)14-6-9-16(19)17(20)10-14/h4-10,12H,11H2,1-3H3,(H,21,23)/t12-/m0/s1. The monoisotopic (exact) mass is 430 g/mol. The quantitative estimate of drug-likeness (QED) is 0.729. The molecule has 0 bridgehead atoms. The Morgan fingerprint density at radius 3 is 2.30 bits per heavy atom. The first kappa shape index (κ1) is 21.3. The van der Waals surface area contributed by atoms with Crippen LogP contribution in [-0.4, -0.2) is 33.7 Å². The predicted octanol–water partition coefficient (Wildman–Crippen LogP) is 3.47. The zero-order valence-electron chi connectivity index (χ0n) is 15.1. The van der Waals surface area contributed by atoms with Gasteiger partial charge < -0.3 is 10.1 Å². The molecule has 2 aromatic carbocycles. The number of amides is 1. The number of hydrogen-bond donors (Lipinski definition) is 1. The number of carbonyl (C=O) groups excluding carboxylic acids is 1. The van der Waals surface area contributed by atoms with Crippen molar-refractivity contribution in [3.05, 3.63) is 58.1 Å². The molecule has 9 heteroatoms. The van der Waals surface area contributed by atoms with Gasteiger partial charge in [-0.3, -0.25) is 9.10 Å². The average molecular weight is 431 g/mol. The summed E-state index contributed by atoms with van der Waals surface area (Å²) >= 11 is 11.9. The predicted molar refractivity (Wildman–Crippen MR) is 108 cm³/mol. The Balaban J connectivity index is 2.17. The minimum atomic E-state index is -3.73. The van der Waals surface area contributed by atoms with Crippen LogP contribution in [0.5, 0.6) is 5.75 Å². The van der Waals surface area contributed by atoms with Gasteiger partial charge in [-0.05, 0) is 42.8 Å². The Morgan fingerprint density at radius 2 is 1.78 bits per heavy atom. The zero-order valence-corrected chi connectivity index (χ0v) is 17.4. The van der Waals surface area contributed by atoms with Gasteiger partial charge in [0.05, 0.1) is 29.1 Å². The van der Waals surface area contributed by atoms with Gasteiger partial charge in [-0.15, -0.1) is 0 Å². The van der Waals surface area contributed by atoms with Gasteiger partial charge in [-0.2, -0.15) is 0 Å². The molecule has 0 aromatic heterocycles. The number of nitrogens with zero attached hydrogens (tertiary/aromatic N) is 1. The number of benzene rings is 2. The number of sulfonamides is 1. The number of nitrogens with one attached hydrogen (secondary N) is 1. The Labute approximate surface area is 169 Å². The number of rotatable bonds is 7. The molecule has 0 aliphatic carbocycles. The van der Waals surface area contributed by atoms with Gasteiger partial charge in [-0.1, -0.05) is 35.3 Å². The maximum Gasteiger partial charge on any atom is 0.243 e. The smallest absolute Gasteiger partial charge is 0.243 e. The molecule has 1 atom stereocenters. The molecule has 0 heterocycles. The highest BCUT2D eigenvalue weighted by Crippen LogP contribution is 2.29. The molecule has 0 aliphatic rings. The van der Waals surface area contributed by atoms with Crippen LogP contribution in [0.2, 0.25) is 10.0 Å². The summed E-state index contributed by atoms with van der Waals surface area (Å²) in [5, 5.41) is 3.24. The van der Waals surface area contributed by atoms with Gasteiger partial charge in [0.2, 0.25) is 15.9 Å². The van der Waals surface area contributed by atoms with Gasteiger partial charge in [0.25, 0.3) is 0 Å². The first-order valence-corrected chi connectivity index (χ1v) is 10.6. The third-order valence-corrected chi connectivity index (χ3v) is 5.85. The lowest BCUT2D eigenvalue weighted by Gasteiger charge is -2.28. The zero-order chi connectivity index (χ0) is 20.2. The van der Waals surface area contributed by atoms with Gasteiger partial charge in [-0.25, -0.2) is 8.42 Å². The topological polar surface area (TPSA) is 75.7 Å². The fraction of sp³-hybridized carbons (Fsp3) is 0.278. The van der Waals surface area contributed by atoms with Gasteiger partial charge in [0.1, 0.15) is 11.8 Å². The van der Waals surface area contributed by atoms with E-state index in [1.54, 1.807) is 19.2 Å². The van der Waals surface area contributed by atoms with E-state index in [1.165, 1.54) is 25.1 Å². The van der Waals surface area contributed by atoms with Crippen LogP contribution in [0, 0.1) is 0 Å². The average Bonchev–Trinajstić information content (AvgIpc) is 2.62. The number of carbonyl (C=O) groups is 1. The fourth-order valence-electron chi connectivity index (χ4n) is 2.51. The summed E-state index contributed by atoms with van der Waals surface area (Å²) in [5.41, 5.74) is 1.12. The van der Waals surface area contributed by atoms with Gasteiger partial charge in [0, 0.05) is 6.54 Å². The fourth-order valence-corrected chi connectivity index (χ4v) is 3.97. The van der Waals surface area contributed by atoms with E-state index in [4.69, 9.17) is 27.9 Å². The van der Waals surface area contributed by atoms with E-state index in [1.807, 2.05) is 12.1 Å². The molecule has 1 N–H and O–H groups in total. The second kappa shape index (κ2) is 8.82. The largest absolute Gasteiger partial charge is 0.497 e. The minimum Gasteiger partial charge on any atom is -0.497 e. The van der Waals surface area contributed by atoms with Crippen LogP contribution < -0.4 is 14.4 Å². The van der Waals surface area contributed by atoms with Crippen molar-refractivity contribution in [2.75, 3.05) is 17.7 Å². The lowest BCUT2D eigenvalue weighted by Crippen LogP contribution is -2.47. The van der Waals surface area contributed by atoms with Crippen LogP contribution in [0.3, 0.4) is 0 Å². The lowest BCUT2D eigenvalue weighted by atomic mass is 10.2. The van der Waals surface area contributed by atoms with Crippen LogP contribution in [0.1, 0.15) is 12.5 Å². The summed E-state index contributed by atoms with van der Waals surface area (Å²) in [5.74, 6) is 0.267. The Morgan fingerprint density at radius 1 is 1.15 bits per heavy atom. The Kier molecular flexibility index (Phi) is 6.97. The molecule has 1 amide bonds. The van der Waals surface area contributed by atoms with E-state index >= 15 is 0 Å². The second-order valence-electron chi connectivity index (χ2n) is 5.90. The maximum absolute atomic E-state index is 12.6. The first-order chi connectivity index (χ1) is 12.6. The molecule has 146 valence electrons. The van der Waals surface area contributed by atoms with E-state index in [-0.39, 0.29) is 17.3 Å². The molecule has 2 rings (SSSR count). The first-order valence-electron chi connectivity index (χ1n) is 7.98. The highest BCUT2D eigenvalue weighted by atomic mass is 35.5. The summed E-state index contributed by atoms with van der Waals surface area (Å²) in [6.07, 6.45) is 1.03. The van der Waals surface area contributed by atoms with Crippen molar-refractivity contribution in [1.82, 2.24) is 5.32 Å². The highest BCUT2D eigenvalue weighted by Gasteiger charge is 2.29. The molecular weight excluding hydrogens is 411 g/mol. The molecule has 6 nitrogen and oxygen atoms in total. The van der Waals surface area contributed by atoms with Crippen molar-refractivity contribution >= 4 is 44.8 Å². The molecule has 27 heavy (non-hydrogen) atoms. The van der Waals surface area contributed by atoms with Gasteiger partial charge >= 0.3 is 0 Å². The second-order valence-corrected chi connectivity index (χ2v) is 8.57. The maximum atomic E-state index is 12.6. The van der Waals surface area contributed by atoms with Crippen LogP contribution in [0.25, 0.3) is 0 Å². The SMILES string of the molecule is COc1ccc(CNC(=O)[C@H](C)N(c2ccc(Cl)c(Cl)c2)S(C)(=O)=O)cc1. The third-order valence-electron chi connectivity index (χ3n) is 3.87. The normalized spacial score (nSPS) is 12.3. The van der Waals surface area contributed by atoms with Crippen molar-refractivity contribution in [3.8, 4) is 5.75 Å². The third kappa shape index (κ3) is 5.51. The van der Waals surface area contributed by atoms with E-state index in [0.717, 1.165) is 16.1 Å². The summed E-state index contributed by atoms with van der Waals surface area (Å²) in [4.78, 5) is 12.6. The Hall–Kier alpha value is -1.96. The van der Waals surface area contributed by atoms with Crippen LogP contribution in [0.4, 0.5) is 5.69 Å². The van der Waals surface area contributed by atoms with Crippen molar-refractivity contribution in [2.45, 2.75) is 19.5 Å². The molecule has 2 aromatic rings. The molecule has 0 radical (unpaired) electrons. The van der Waals surface area contributed by atoms with Gasteiger partial charge in [0.15, 0.2) is 0 Å². The van der Waals surface area contributed by atoms with E-state index in [2.05, 4.69) is 5.32 Å². The van der Waals surface area contributed by atoms with Crippen LogP contribution >= 0.6 is 23.2 Å². The molecule has 0 saturated heterocycles. The molecule has 0 unspecified atom stereocenters. The van der Waals surface area contributed by atoms with E-state index in [9.17, 15) is 13.2 Å². The molecule has 0 aliphatic heterocycles. The number of anilines is 1. The van der Waals surface area contributed by atoms with Crippen molar-refractivity contribution in [3.63, 3.8) is 0 Å². The number of ether oxygens (including phenoxy) is 1. The molecule has 0 spiro atoms.